The number of hydrogen-bond acceptors (Lipinski definition) is 3. The monoisotopic (exact) mass is 350 g/mol. The Morgan fingerprint density at radius 1 is 1.29 bits per heavy atom. The lowest BCUT2D eigenvalue weighted by atomic mass is 9.91. The summed E-state index contributed by atoms with van der Waals surface area (Å²) in [5.41, 5.74) is 1.32. The van der Waals surface area contributed by atoms with Crippen molar-refractivity contribution in [3.05, 3.63) is 29.8 Å². The van der Waals surface area contributed by atoms with Crippen LogP contribution in [-0.2, 0) is 11.3 Å². The number of carbonyl (C=O) groups is 1. The van der Waals surface area contributed by atoms with E-state index in [0.717, 1.165) is 44.5 Å². The predicted molar refractivity (Wildman–Crippen MR) is 96.1 cm³/mol. The summed E-state index contributed by atoms with van der Waals surface area (Å²) < 4.78 is 0. The number of rotatable bonds is 5. The Hall–Kier alpha value is -1.26. The van der Waals surface area contributed by atoms with Crippen LogP contribution < -0.4 is 5.32 Å². The van der Waals surface area contributed by atoms with Crippen molar-refractivity contribution in [2.75, 3.05) is 19.6 Å². The molecule has 1 saturated heterocycles. The van der Waals surface area contributed by atoms with Gasteiger partial charge in [0.2, 0.25) is 5.91 Å². The molecule has 1 aromatic carbocycles. The van der Waals surface area contributed by atoms with Crippen LogP contribution >= 0.6 is 12.4 Å². The van der Waals surface area contributed by atoms with Crippen LogP contribution in [0, 0.1) is 17.3 Å². The second-order valence-electron chi connectivity index (χ2n) is 7.70. The quantitative estimate of drug-likeness (QED) is 0.858. The maximum absolute atomic E-state index is 13.1. The molecule has 1 aliphatic heterocycles. The first-order valence-corrected chi connectivity index (χ1v) is 8.94. The maximum Gasteiger partial charge on any atom is 0.226 e. The van der Waals surface area contributed by atoms with Gasteiger partial charge < -0.3 is 15.3 Å². The normalized spacial score (nSPS) is 24.2. The fourth-order valence-electron chi connectivity index (χ4n) is 4.11. The van der Waals surface area contributed by atoms with E-state index in [1.807, 2.05) is 12.1 Å². The molecule has 4 rings (SSSR count). The highest BCUT2D eigenvalue weighted by molar-refractivity contribution is 5.85. The largest absolute Gasteiger partial charge is 0.508 e. The Balaban J connectivity index is 0.00000169. The van der Waals surface area contributed by atoms with Gasteiger partial charge in [-0.15, -0.1) is 12.4 Å². The zero-order valence-corrected chi connectivity index (χ0v) is 14.9. The fourth-order valence-corrected chi connectivity index (χ4v) is 4.11. The molecule has 1 amide bonds. The third-order valence-corrected chi connectivity index (χ3v) is 5.86. The molecule has 1 heterocycles. The highest BCUT2D eigenvalue weighted by Gasteiger charge is 2.58. The summed E-state index contributed by atoms with van der Waals surface area (Å²) in [4.78, 5) is 15.1. The molecule has 24 heavy (non-hydrogen) atoms. The van der Waals surface area contributed by atoms with E-state index < -0.39 is 0 Å². The van der Waals surface area contributed by atoms with Crippen LogP contribution in [0.3, 0.4) is 0 Å². The van der Waals surface area contributed by atoms with Gasteiger partial charge in [-0.25, -0.2) is 0 Å². The molecule has 0 aromatic heterocycles. The molecule has 0 radical (unpaired) electrons. The topological polar surface area (TPSA) is 52.6 Å². The summed E-state index contributed by atoms with van der Waals surface area (Å²) in [5.74, 6) is 1.56. The van der Waals surface area contributed by atoms with Crippen molar-refractivity contribution in [1.29, 1.82) is 0 Å². The Morgan fingerprint density at radius 3 is 2.71 bits per heavy atom. The highest BCUT2D eigenvalue weighted by Crippen LogP contribution is 2.59. The number of halogens is 1. The third kappa shape index (κ3) is 3.70. The summed E-state index contributed by atoms with van der Waals surface area (Å²) in [5, 5.41) is 13.1. The second-order valence-corrected chi connectivity index (χ2v) is 7.70. The van der Waals surface area contributed by atoms with E-state index in [1.54, 1.807) is 12.1 Å². The van der Waals surface area contributed by atoms with Gasteiger partial charge in [-0.3, -0.25) is 4.79 Å². The minimum atomic E-state index is 0. The van der Waals surface area contributed by atoms with E-state index in [1.165, 1.54) is 12.8 Å². The molecular weight excluding hydrogens is 324 g/mol. The van der Waals surface area contributed by atoms with Gasteiger partial charge in [-0.2, -0.15) is 0 Å². The molecule has 4 nitrogen and oxygen atoms in total. The van der Waals surface area contributed by atoms with Crippen LogP contribution in [-0.4, -0.2) is 35.5 Å². The molecule has 2 saturated carbocycles. The summed E-state index contributed by atoms with van der Waals surface area (Å²) in [7, 11) is 0. The molecule has 2 aliphatic carbocycles. The average Bonchev–Trinajstić information content (AvgIpc) is 3.46. The first-order valence-electron chi connectivity index (χ1n) is 8.94. The molecule has 5 heteroatoms. The van der Waals surface area contributed by atoms with E-state index in [9.17, 15) is 9.90 Å². The summed E-state index contributed by atoms with van der Waals surface area (Å²) >= 11 is 0. The number of phenols is 1. The lowest BCUT2D eigenvalue weighted by Gasteiger charge is -2.27. The molecule has 0 bridgehead atoms. The first kappa shape index (κ1) is 17.6. The molecule has 132 valence electrons. The van der Waals surface area contributed by atoms with Crippen molar-refractivity contribution in [1.82, 2.24) is 10.2 Å². The molecule has 1 unspecified atom stereocenters. The van der Waals surface area contributed by atoms with Crippen molar-refractivity contribution in [3.8, 4) is 5.75 Å². The number of benzene rings is 1. The highest BCUT2D eigenvalue weighted by atomic mass is 35.5. The Bertz CT molecular complexity index is 597. The van der Waals surface area contributed by atoms with Gasteiger partial charge in [0.25, 0.3) is 0 Å². The number of nitrogens with one attached hydrogen (secondary N) is 1. The van der Waals surface area contributed by atoms with E-state index in [0.29, 0.717) is 23.8 Å². The first-order chi connectivity index (χ1) is 11.2. The van der Waals surface area contributed by atoms with E-state index in [2.05, 4.69) is 10.2 Å². The summed E-state index contributed by atoms with van der Waals surface area (Å²) in [6, 6.07) is 7.32. The van der Waals surface area contributed by atoms with Gasteiger partial charge in [0, 0.05) is 19.0 Å². The molecule has 1 spiro atoms. The van der Waals surface area contributed by atoms with Crippen LogP contribution in [0.4, 0.5) is 0 Å². The van der Waals surface area contributed by atoms with Crippen molar-refractivity contribution in [2.45, 2.75) is 38.6 Å². The molecule has 1 atom stereocenters. The Kier molecular flexibility index (Phi) is 5.07. The SMILES string of the molecule is Cl.O=C(C1CC12CCNCC2)N(Cc1cccc(O)c1)CC1CC1. The lowest BCUT2D eigenvalue weighted by Crippen LogP contribution is -2.37. The minimum absolute atomic E-state index is 0. The molecular formula is C19H27ClN2O2. The van der Waals surface area contributed by atoms with Crippen molar-refractivity contribution in [2.24, 2.45) is 17.3 Å². The minimum Gasteiger partial charge on any atom is -0.508 e. The Labute approximate surface area is 150 Å². The van der Waals surface area contributed by atoms with Gasteiger partial charge in [-0.05, 0) is 74.2 Å². The molecule has 2 N–H and O–H groups in total. The maximum atomic E-state index is 13.1. The number of aromatic hydroxyl groups is 1. The third-order valence-electron chi connectivity index (χ3n) is 5.86. The van der Waals surface area contributed by atoms with Crippen LogP contribution in [0.1, 0.15) is 37.7 Å². The summed E-state index contributed by atoms with van der Waals surface area (Å²) in [6.07, 6.45) is 5.88. The summed E-state index contributed by atoms with van der Waals surface area (Å²) in [6.45, 7) is 3.63. The van der Waals surface area contributed by atoms with Crippen LogP contribution in [0.2, 0.25) is 0 Å². The van der Waals surface area contributed by atoms with Crippen LogP contribution in [0.15, 0.2) is 24.3 Å². The van der Waals surface area contributed by atoms with Gasteiger partial charge in [-0.1, -0.05) is 12.1 Å². The second kappa shape index (κ2) is 6.93. The average molecular weight is 351 g/mol. The standard InChI is InChI=1S/C19H26N2O2.ClH/c22-16-3-1-2-15(10-16)13-21(12-14-4-5-14)18(23)17-11-19(17)6-8-20-9-7-19;/h1-3,10,14,17,20,22H,4-9,11-13H2;1H. The van der Waals surface area contributed by atoms with E-state index >= 15 is 0 Å². The van der Waals surface area contributed by atoms with Crippen LogP contribution in [0.5, 0.6) is 5.75 Å². The van der Waals surface area contributed by atoms with Crippen LogP contribution in [0.25, 0.3) is 0 Å². The van der Waals surface area contributed by atoms with Crippen molar-refractivity contribution >= 4 is 18.3 Å². The number of nitrogens with zero attached hydrogens (tertiary/aromatic N) is 1. The van der Waals surface area contributed by atoms with E-state index in [-0.39, 0.29) is 24.1 Å². The van der Waals surface area contributed by atoms with Crippen molar-refractivity contribution in [3.63, 3.8) is 0 Å². The lowest BCUT2D eigenvalue weighted by molar-refractivity contribution is -0.134. The number of amides is 1. The van der Waals surface area contributed by atoms with Gasteiger partial charge in [0.05, 0.1) is 0 Å². The van der Waals surface area contributed by atoms with Gasteiger partial charge >= 0.3 is 0 Å². The number of phenolic OH excluding ortho intramolecular Hbond substituents is 1. The van der Waals surface area contributed by atoms with Gasteiger partial charge in [0.1, 0.15) is 5.75 Å². The fraction of sp³-hybridized carbons (Fsp3) is 0.632. The number of carbonyl (C=O) groups excluding carboxylic acids is 1. The predicted octanol–water partition coefficient (Wildman–Crippen LogP) is 2.94. The molecule has 3 aliphatic rings. The van der Waals surface area contributed by atoms with E-state index in [4.69, 9.17) is 0 Å². The number of piperidine rings is 1. The van der Waals surface area contributed by atoms with Gasteiger partial charge in [0.15, 0.2) is 0 Å². The Morgan fingerprint density at radius 2 is 2.04 bits per heavy atom. The zero-order valence-electron chi connectivity index (χ0n) is 14.0. The smallest absolute Gasteiger partial charge is 0.226 e. The van der Waals surface area contributed by atoms with Crippen molar-refractivity contribution < 1.29 is 9.90 Å². The molecule has 3 fully saturated rings. The molecule has 1 aromatic rings. The zero-order chi connectivity index (χ0) is 15.9. The number of hydrogen-bond donors (Lipinski definition) is 2.